The van der Waals surface area contributed by atoms with E-state index in [1.54, 1.807) is 32.9 Å². The fraction of sp³-hybridized carbons (Fsp3) is 0.750. The molecule has 194 valence electrons. The van der Waals surface area contributed by atoms with E-state index < -0.39 is 40.1 Å². The third kappa shape index (κ3) is 3.51. The minimum Gasteiger partial charge on any atom is -0.462 e. The van der Waals surface area contributed by atoms with E-state index in [9.17, 15) is 19.8 Å². The molecule has 0 unspecified atom stereocenters. The Kier molecular flexibility index (Phi) is 6.45. The quantitative estimate of drug-likeness (QED) is 0.566. The average molecular weight is 490 g/mol. The van der Waals surface area contributed by atoms with Crippen molar-refractivity contribution in [1.82, 2.24) is 0 Å². The van der Waals surface area contributed by atoms with Crippen LogP contribution in [0.1, 0.15) is 73.6 Å². The summed E-state index contributed by atoms with van der Waals surface area (Å²) in [5.41, 5.74) is -3.96. The number of aliphatic hydroxyl groups is 2. The van der Waals surface area contributed by atoms with Crippen molar-refractivity contribution in [1.29, 1.82) is 0 Å². The molecule has 0 spiro atoms. The number of Topliss-reactive ketones (excluding diaryl/α,β-unsaturated/α-hetero) is 1. The van der Waals surface area contributed by atoms with E-state index in [4.69, 9.17) is 4.74 Å². The Balaban J connectivity index is 1.67. The van der Waals surface area contributed by atoms with Gasteiger partial charge < -0.3 is 14.9 Å². The van der Waals surface area contributed by atoms with E-state index in [-0.39, 0.29) is 43.1 Å². The molecule has 0 saturated heterocycles. The van der Waals surface area contributed by atoms with Gasteiger partial charge in [0.1, 0.15) is 12.1 Å². The van der Waals surface area contributed by atoms with Gasteiger partial charge in [0.25, 0.3) is 0 Å². The van der Waals surface area contributed by atoms with Crippen LogP contribution in [-0.2, 0) is 14.3 Å². The molecule has 0 aliphatic heterocycles. The second-order valence-electron chi connectivity index (χ2n) is 11.8. The van der Waals surface area contributed by atoms with Gasteiger partial charge in [-0.2, -0.15) is 0 Å². The maximum absolute atomic E-state index is 17.4. The van der Waals surface area contributed by atoms with Gasteiger partial charge in [0.15, 0.2) is 11.5 Å². The summed E-state index contributed by atoms with van der Waals surface area (Å²) in [5, 5.41) is 23.1. The van der Waals surface area contributed by atoms with Crippen LogP contribution in [0.4, 0.5) is 4.39 Å². The van der Waals surface area contributed by atoms with Crippen molar-refractivity contribution < 1.29 is 28.9 Å². The zero-order chi connectivity index (χ0) is 26.0. The van der Waals surface area contributed by atoms with Crippen LogP contribution >= 0.6 is 0 Å². The molecule has 8 atom stereocenters. The maximum atomic E-state index is 17.4. The molecule has 4 aliphatic rings. The Hall–Kier alpha value is -1.86. The highest BCUT2D eigenvalue weighted by molar-refractivity contribution is 6.06. The SMILES string of the molecule is CCC(=O)[C@@]1(O)[C@H](C)C[C@H]2[C@@H]3CCC4=CC(=NCC(=O)OC(C)C)C=C[C@]4(C)[C@@]3(F)[C@@H](O)C[C@@]21C. The zero-order valence-corrected chi connectivity index (χ0v) is 21.8. The Morgan fingerprint density at radius 1 is 1.29 bits per heavy atom. The second-order valence-corrected chi connectivity index (χ2v) is 11.8. The van der Waals surface area contributed by atoms with Crippen LogP contribution in [0.5, 0.6) is 0 Å². The summed E-state index contributed by atoms with van der Waals surface area (Å²) in [6.07, 6.45) is 5.78. The highest BCUT2D eigenvalue weighted by Gasteiger charge is 2.75. The van der Waals surface area contributed by atoms with Gasteiger partial charge in [0.05, 0.1) is 17.9 Å². The fourth-order valence-corrected chi connectivity index (χ4v) is 7.97. The van der Waals surface area contributed by atoms with E-state index in [0.717, 1.165) is 5.57 Å². The van der Waals surface area contributed by atoms with E-state index in [1.165, 1.54) is 0 Å². The smallest absolute Gasteiger partial charge is 0.327 e. The molecule has 3 fully saturated rings. The van der Waals surface area contributed by atoms with Crippen molar-refractivity contribution >= 4 is 17.5 Å². The van der Waals surface area contributed by atoms with Crippen LogP contribution < -0.4 is 0 Å². The first-order valence-electron chi connectivity index (χ1n) is 13.0. The Bertz CT molecular complexity index is 1000. The van der Waals surface area contributed by atoms with Gasteiger partial charge in [-0.15, -0.1) is 0 Å². The summed E-state index contributed by atoms with van der Waals surface area (Å²) >= 11 is 0. The topological polar surface area (TPSA) is 96.2 Å². The van der Waals surface area contributed by atoms with Crippen molar-refractivity contribution in [3.05, 3.63) is 23.8 Å². The van der Waals surface area contributed by atoms with Crippen LogP contribution in [0.25, 0.3) is 0 Å². The Morgan fingerprint density at radius 3 is 2.60 bits per heavy atom. The molecule has 7 heteroatoms. The first kappa shape index (κ1) is 26.2. The third-order valence-electron chi connectivity index (χ3n) is 9.74. The van der Waals surface area contributed by atoms with Crippen LogP contribution in [0.3, 0.4) is 0 Å². The molecule has 0 radical (unpaired) electrons. The van der Waals surface area contributed by atoms with Gasteiger partial charge in [-0.05, 0) is 70.4 Å². The van der Waals surface area contributed by atoms with E-state index in [1.807, 2.05) is 26.8 Å². The fourth-order valence-electron chi connectivity index (χ4n) is 7.97. The summed E-state index contributed by atoms with van der Waals surface area (Å²) in [6.45, 7) is 10.8. The van der Waals surface area contributed by atoms with Crippen molar-refractivity contribution in [2.45, 2.75) is 97.1 Å². The Labute approximate surface area is 207 Å². The van der Waals surface area contributed by atoms with Crippen molar-refractivity contribution in [3.63, 3.8) is 0 Å². The highest BCUT2D eigenvalue weighted by Crippen LogP contribution is 2.70. The molecule has 0 amide bonds. The monoisotopic (exact) mass is 489 g/mol. The number of fused-ring (bicyclic) bond motifs is 5. The lowest BCUT2D eigenvalue weighted by molar-refractivity contribution is -0.218. The van der Waals surface area contributed by atoms with Gasteiger partial charge in [0, 0.05) is 23.2 Å². The summed E-state index contributed by atoms with van der Waals surface area (Å²) in [5.74, 6) is -1.62. The second kappa shape index (κ2) is 8.62. The maximum Gasteiger partial charge on any atom is 0.327 e. The molecular weight excluding hydrogens is 449 g/mol. The van der Waals surface area contributed by atoms with Crippen LogP contribution in [0.2, 0.25) is 0 Å². The number of allylic oxidation sites excluding steroid dienone is 4. The summed E-state index contributed by atoms with van der Waals surface area (Å²) in [4.78, 5) is 29.2. The first-order valence-corrected chi connectivity index (χ1v) is 13.0. The van der Waals surface area contributed by atoms with E-state index in [2.05, 4.69) is 4.99 Å². The molecule has 0 heterocycles. The molecule has 6 nitrogen and oxygen atoms in total. The number of hydrogen-bond donors (Lipinski definition) is 2. The van der Waals surface area contributed by atoms with Crippen LogP contribution in [0.15, 0.2) is 28.8 Å². The molecule has 0 bridgehead atoms. The number of esters is 1. The van der Waals surface area contributed by atoms with Gasteiger partial charge in [-0.1, -0.05) is 32.4 Å². The minimum absolute atomic E-state index is 0.0376. The summed E-state index contributed by atoms with van der Waals surface area (Å²) < 4.78 is 22.5. The number of alkyl halides is 1. The predicted octanol–water partition coefficient (Wildman–Crippen LogP) is 4.14. The summed E-state index contributed by atoms with van der Waals surface area (Å²) in [6, 6.07) is 0. The summed E-state index contributed by atoms with van der Waals surface area (Å²) in [7, 11) is 0. The van der Waals surface area contributed by atoms with Crippen molar-refractivity contribution in [3.8, 4) is 0 Å². The number of aliphatic hydroxyl groups excluding tert-OH is 1. The number of carbonyl (C=O) groups excluding carboxylic acids is 2. The molecule has 35 heavy (non-hydrogen) atoms. The number of aliphatic imine (C=N–C) groups is 1. The molecular formula is C28H40FNO5. The van der Waals surface area contributed by atoms with Gasteiger partial charge >= 0.3 is 5.97 Å². The standard InChI is InChI=1S/C28H40FNO5/c1-7-22(31)28(34)17(4)12-21-20-9-8-18-13-19(30-15-24(33)35-16(2)3)10-11-25(18,5)27(20,29)23(32)14-26(21,28)6/h10-11,13,16-17,20-21,23,32,34H,7-9,12,14-15H2,1-6H3/t17-,20+,21+,23+,25+,26+,27+,28+/m1/s1. The number of hydrogen-bond acceptors (Lipinski definition) is 6. The predicted molar refractivity (Wildman–Crippen MR) is 132 cm³/mol. The van der Waals surface area contributed by atoms with E-state index >= 15 is 4.39 Å². The highest BCUT2D eigenvalue weighted by atomic mass is 19.1. The molecule has 3 saturated carbocycles. The van der Waals surface area contributed by atoms with Crippen molar-refractivity contribution in [2.75, 3.05) is 6.54 Å². The average Bonchev–Trinajstić information content (AvgIpc) is 2.99. The van der Waals surface area contributed by atoms with Crippen molar-refractivity contribution in [2.24, 2.45) is 33.6 Å². The van der Waals surface area contributed by atoms with Crippen LogP contribution in [0, 0.1) is 28.6 Å². The number of halogens is 1. The lowest BCUT2D eigenvalue weighted by Gasteiger charge is -2.62. The minimum atomic E-state index is -1.93. The molecule has 2 N–H and O–H groups in total. The lowest BCUT2D eigenvalue weighted by Crippen LogP contribution is -2.69. The van der Waals surface area contributed by atoms with Crippen LogP contribution in [-0.4, -0.2) is 57.7 Å². The van der Waals surface area contributed by atoms with Gasteiger partial charge in [-0.3, -0.25) is 14.6 Å². The normalized spacial score (nSPS) is 45.5. The molecule has 4 rings (SSSR count). The lowest BCUT2D eigenvalue weighted by atomic mass is 9.44. The number of ketones is 1. The third-order valence-corrected chi connectivity index (χ3v) is 9.74. The van der Waals surface area contributed by atoms with Gasteiger partial charge in [0.2, 0.25) is 0 Å². The first-order chi connectivity index (χ1) is 16.3. The molecule has 4 aliphatic carbocycles. The molecule has 0 aromatic rings. The van der Waals surface area contributed by atoms with E-state index in [0.29, 0.717) is 25.0 Å². The molecule has 0 aromatic heterocycles. The Morgan fingerprint density at radius 2 is 1.97 bits per heavy atom. The zero-order valence-electron chi connectivity index (χ0n) is 21.8. The largest absolute Gasteiger partial charge is 0.462 e. The number of nitrogens with zero attached hydrogens (tertiary/aromatic N) is 1. The number of carbonyl (C=O) groups is 2. The molecule has 0 aromatic carbocycles. The van der Waals surface area contributed by atoms with Gasteiger partial charge in [-0.25, -0.2) is 4.39 Å². The number of ether oxygens (including phenoxy) is 1. The number of rotatable bonds is 5.